The first-order valence-electron chi connectivity index (χ1n) is 8.21. The summed E-state index contributed by atoms with van der Waals surface area (Å²) in [6.07, 6.45) is 10.6. The molecule has 2 atom stereocenters. The van der Waals surface area contributed by atoms with Crippen LogP contribution in [0.25, 0.3) is 0 Å². The molecule has 1 aliphatic heterocycles. The molecule has 0 spiro atoms. The van der Waals surface area contributed by atoms with Gasteiger partial charge in [0.15, 0.2) is 0 Å². The second-order valence-electron chi connectivity index (χ2n) is 6.54. The van der Waals surface area contributed by atoms with Crippen molar-refractivity contribution in [1.29, 1.82) is 0 Å². The maximum Gasteiger partial charge on any atom is 0.0397 e. The molecule has 2 heterocycles. The number of aromatic nitrogens is 1. The highest BCUT2D eigenvalue weighted by Gasteiger charge is 2.25. The van der Waals surface area contributed by atoms with E-state index in [4.69, 9.17) is 0 Å². The third kappa shape index (κ3) is 3.32. The van der Waals surface area contributed by atoms with E-state index in [-0.39, 0.29) is 0 Å². The smallest absolute Gasteiger partial charge is 0.0397 e. The molecule has 110 valence electrons. The molecule has 0 bridgehead atoms. The van der Waals surface area contributed by atoms with E-state index in [0.29, 0.717) is 0 Å². The highest BCUT2D eigenvalue weighted by atomic mass is 15.1. The molecule has 1 saturated heterocycles. The molecule has 1 N–H and O–H groups in total. The molecule has 0 aromatic carbocycles. The molecule has 1 saturated carbocycles. The van der Waals surface area contributed by atoms with Crippen LogP contribution in [0.2, 0.25) is 0 Å². The first kappa shape index (κ1) is 13.9. The minimum absolute atomic E-state index is 0.723. The molecule has 0 radical (unpaired) electrons. The predicted molar refractivity (Wildman–Crippen MR) is 84.0 cm³/mol. The van der Waals surface area contributed by atoms with Crippen LogP contribution in [-0.4, -0.2) is 30.7 Å². The maximum atomic E-state index is 4.10. The molecular formula is C17H27N3. The van der Waals surface area contributed by atoms with Crippen LogP contribution < -0.4 is 10.2 Å². The number of nitrogens with one attached hydrogen (secondary N) is 1. The Balaban J connectivity index is 1.42. The number of hydrogen-bond donors (Lipinski definition) is 1. The van der Waals surface area contributed by atoms with Gasteiger partial charge in [-0.1, -0.05) is 19.8 Å². The van der Waals surface area contributed by atoms with Gasteiger partial charge in [0.25, 0.3) is 0 Å². The minimum atomic E-state index is 0.723. The van der Waals surface area contributed by atoms with Crippen LogP contribution in [0, 0.1) is 11.8 Å². The number of anilines is 1. The molecule has 3 heteroatoms. The third-order valence-corrected chi connectivity index (χ3v) is 5.23. The molecule has 20 heavy (non-hydrogen) atoms. The van der Waals surface area contributed by atoms with Crippen molar-refractivity contribution in [2.24, 2.45) is 11.8 Å². The van der Waals surface area contributed by atoms with Crippen LogP contribution in [0.15, 0.2) is 24.5 Å². The lowest BCUT2D eigenvalue weighted by Gasteiger charge is -2.34. The van der Waals surface area contributed by atoms with Crippen LogP contribution in [0.3, 0.4) is 0 Å². The SMILES string of the molecule is CC1CCCC1CNC1CCN(c2ccncc2)CC1. The summed E-state index contributed by atoms with van der Waals surface area (Å²) in [5.41, 5.74) is 1.32. The van der Waals surface area contributed by atoms with Gasteiger partial charge in [-0.05, 0) is 49.8 Å². The van der Waals surface area contributed by atoms with Gasteiger partial charge in [0.05, 0.1) is 0 Å². The number of piperidine rings is 1. The maximum absolute atomic E-state index is 4.10. The Morgan fingerprint density at radius 3 is 2.55 bits per heavy atom. The van der Waals surface area contributed by atoms with Gasteiger partial charge in [-0.15, -0.1) is 0 Å². The Hall–Kier alpha value is -1.09. The van der Waals surface area contributed by atoms with Gasteiger partial charge in [0.2, 0.25) is 0 Å². The predicted octanol–water partition coefficient (Wildman–Crippen LogP) is 3.08. The van der Waals surface area contributed by atoms with Gasteiger partial charge in [0, 0.05) is 37.2 Å². The topological polar surface area (TPSA) is 28.2 Å². The Morgan fingerprint density at radius 1 is 1.15 bits per heavy atom. The summed E-state index contributed by atoms with van der Waals surface area (Å²) in [5, 5.41) is 3.83. The molecule has 0 amide bonds. The third-order valence-electron chi connectivity index (χ3n) is 5.23. The number of hydrogen-bond acceptors (Lipinski definition) is 3. The average molecular weight is 273 g/mol. The fraction of sp³-hybridized carbons (Fsp3) is 0.706. The number of pyridine rings is 1. The largest absolute Gasteiger partial charge is 0.371 e. The van der Waals surface area contributed by atoms with Crippen molar-refractivity contribution in [2.45, 2.75) is 45.1 Å². The molecule has 3 nitrogen and oxygen atoms in total. The molecule has 1 aromatic heterocycles. The van der Waals surface area contributed by atoms with Gasteiger partial charge in [-0.3, -0.25) is 4.98 Å². The van der Waals surface area contributed by atoms with E-state index in [9.17, 15) is 0 Å². The van der Waals surface area contributed by atoms with Crippen molar-refractivity contribution in [3.63, 3.8) is 0 Å². The summed E-state index contributed by atoms with van der Waals surface area (Å²) in [4.78, 5) is 6.58. The molecule has 2 aliphatic rings. The Labute approximate surface area is 122 Å². The summed E-state index contributed by atoms with van der Waals surface area (Å²) < 4.78 is 0. The summed E-state index contributed by atoms with van der Waals surface area (Å²) in [7, 11) is 0. The van der Waals surface area contributed by atoms with Crippen molar-refractivity contribution in [3.05, 3.63) is 24.5 Å². The molecule has 2 fully saturated rings. The van der Waals surface area contributed by atoms with E-state index in [1.54, 1.807) is 0 Å². The fourth-order valence-corrected chi connectivity index (χ4v) is 3.74. The van der Waals surface area contributed by atoms with Gasteiger partial charge < -0.3 is 10.2 Å². The van der Waals surface area contributed by atoms with Crippen LogP contribution in [0.5, 0.6) is 0 Å². The number of nitrogens with zero attached hydrogens (tertiary/aromatic N) is 2. The van der Waals surface area contributed by atoms with Gasteiger partial charge in [-0.25, -0.2) is 0 Å². The highest BCUT2D eigenvalue weighted by Crippen LogP contribution is 2.30. The Bertz CT molecular complexity index is 398. The molecule has 3 rings (SSSR count). The van der Waals surface area contributed by atoms with E-state index in [0.717, 1.165) is 17.9 Å². The van der Waals surface area contributed by atoms with Crippen molar-refractivity contribution >= 4 is 5.69 Å². The summed E-state index contributed by atoms with van der Waals surface area (Å²) in [5.74, 6) is 1.85. The number of rotatable bonds is 4. The van der Waals surface area contributed by atoms with Gasteiger partial charge in [0.1, 0.15) is 0 Å². The monoisotopic (exact) mass is 273 g/mol. The molecule has 1 aliphatic carbocycles. The zero-order chi connectivity index (χ0) is 13.8. The summed E-state index contributed by atoms with van der Waals surface area (Å²) >= 11 is 0. The van der Waals surface area contributed by atoms with Gasteiger partial charge in [-0.2, -0.15) is 0 Å². The zero-order valence-corrected chi connectivity index (χ0v) is 12.6. The minimum Gasteiger partial charge on any atom is -0.371 e. The average Bonchev–Trinajstić information content (AvgIpc) is 2.92. The first-order valence-corrected chi connectivity index (χ1v) is 8.21. The summed E-state index contributed by atoms with van der Waals surface area (Å²) in [6, 6.07) is 4.96. The molecule has 1 aromatic rings. The lowest BCUT2D eigenvalue weighted by Crippen LogP contribution is -2.44. The first-order chi connectivity index (χ1) is 9.83. The summed E-state index contributed by atoms with van der Waals surface area (Å²) in [6.45, 7) is 6.00. The van der Waals surface area contributed by atoms with Crippen molar-refractivity contribution in [3.8, 4) is 0 Å². The van der Waals surface area contributed by atoms with E-state index in [2.05, 4.69) is 34.3 Å². The van der Waals surface area contributed by atoms with Crippen molar-refractivity contribution in [2.75, 3.05) is 24.5 Å². The van der Waals surface area contributed by atoms with E-state index < -0.39 is 0 Å². The normalized spacial score (nSPS) is 27.9. The standard InChI is InChI=1S/C17H27N3/c1-14-3-2-4-15(14)13-19-16-7-11-20(12-8-16)17-5-9-18-10-6-17/h5-6,9-10,14-16,19H,2-4,7-8,11-13H2,1H3. The fourth-order valence-electron chi connectivity index (χ4n) is 3.74. The van der Waals surface area contributed by atoms with Crippen molar-refractivity contribution < 1.29 is 0 Å². The lowest BCUT2D eigenvalue weighted by molar-refractivity contribution is 0.339. The zero-order valence-electron chi connectivity index (χ0n) is 12.6. The quantitative estimate of drug-likeness (QED) is 0.914. The second-order valence-corrected chi connectivity index (χ2v) is 6.54. The van der Waals surface area contributed by atoms with E-state index in [1.807, 2.05) is 12.4 Å². The highest BCUT2D eigenvalue weighted by molar-refractivity contribution is 5.44. The second kappa shape index (κ2) is 6.57. The van der Waals surface area contributed by atoms with Crippen molar-refractivity contribution in [1.82, 2.24) is 10.3 Å². The van der Waals surface area contributed by atoms with E-state index >= 15 is 0 Å². The Morgan fingerprint density at radius 2 is 1.90 bits per heavy atom. The molecular weight excluding hydrogens is 246 g/mol. The molecule has 2 unspecified atom stereocenters. The van der Waals surface area contributed by atoms with E-state index in [1.165, 1.54) is 57.4 Å². The lowest BCUT2D eigenvalue weighted by atomic mass is 9.97. The van der Waals surface area contributed by atoms with Crippen LogP contribution in [-0.2, 0) is 0 Å². The Kier molecular flexibility index (Phi) is 4.56. The van der Waals surface area contributed by atoms with Crippen LogP contribution in [0.4, 0.5) is 5.69 Å². The van der Waals surface area contributed by atoms with Crippen LogP contribution >= 0.6 is 0 Å². The van der Waals surface area contributed by atoms with Crippen LogP contribution in [0.1, 0.15) is 39.0 Å². The van der Waals surface area contributed by atoms with Gasteiger partial charge >= 0.3 is 0 Å².